The van der Waals surface area contributed by atoms with E-state index < -0.39 is 11.6 Å². The first kappa shape index (κ1) is 23.9. The molecule has 4 amide bonds. The van der Waals surface area contributed by atoms with Crippen LogP contribution in [0.2, 0.25) is 0 Å². The van der Waals surface area contributed by atoms with Crippen LogP contribution in [0.5, 0.6) is 0 Å². The van der Waals surface area contributed by atoms with E-state index in [1.165, 1.54) is 31.3 Å². The number of amidine groups is 1. The van der Waals surface area contributed by atoms with Crippen molar-refractivity contribution in [3.8, 4) is 0 Å². The molecule has 5 rings (SSSR count). The van der Waals surface area contributed by atoms with Crippen molar-refractivity contribution in [2.24, 2.45) is 16.3 Å². The zero-order valence-electron chi connectivity index (χ0n) is 20.8. The van der Waals surface area contributed by atoms with Gasteiger partial charge in [-0.25, -0.2) is 9.79 Å². The van der Waals surface area contributed by atoms with Gasteiger partial charge in [0, 0.05) is 10.4 Å². The van der Waals surface area contributed by atoms with Crippen LogP contribution in [-0.2, 0) is 9.59 Å². The molecule has 0 bridgehead atoms. The fourth-order valence-electron chi connectivity index (χ4n) is 7.43. The summed E-state index contributed by atoms with van der Waals surface area (Å²) >= 11 is 1.71. The van der Waals surface area contributed by atoms with E-state index in [0.29, 0.717) is 23.9 Å². The van der Waals surface area contributed by atoms with Crippen LogP contribution < -0.4 is 10.6 Å². The number of amides is 4. The van der Waals surface area contributed by atoms with E-state index in [1.54, 1.807) is 11.8 Å². The Morgan fingerprint density at radius 3 is 2.59 bits per heavy atom. The van der Waals surface area contributed by atoms with Crippen LogP contribution in [0, 0.1) is 11.3 Å². The zero-order valence-corrected chi connectivity index (χ0v) is 21.6. The Kier molecular flexibility index (Phi) is 6.10. The Bertz CT molecular complexity index is 965. The number of nitrogens with one attached hydrogen (secondary N) is 2. The highest BCUT2D eigenvalue weighted by Crippen LogP contribution is 2.52. The Morgan fingerprint density at radius 2 is 1.85 bits per heavy atom. The minimum absolute atomic E-state index is 0.0356. The molecule has 7 nitrogen and oxygen atoms in total. The van der Waals surface area contributed by atoms with Crippen molar-refractivity contribution in [1.82, 2.24) is 15.5 Å². The number of fused-ring (bicyclic) bond motifs is 1. The smallest absolute Gasteiger partial charge is 0.323 e. The van der Waals surface area contributed by atoms with Crippen molar-refractivity contribution in [2.75, 3.05) is 6.54 Å². The third-order valence-electron chi connectivity index (χ3n) is 8.35. The molecule has 3 aliphatic carbocycles. The molecule has 8 heteroatoms. The number of rotatable bonds is 2. The number of imide groups is 1. The number of carbonyl (C=O) groups excluding carboxylic acids is 3. The highest BCUT2D eigenvalue weighted by molar-refractivity contribution is 8.15. The van der Waals surface area contributed by atoms with E-state index in [9.17, 15) is 14.4 Å². The lowest BCUT2D eigenvalue weighted by atomic mass is 9.64. The number of allylic oxidation sites excluding steroid dienone is 1. The fourth-order valence-corrected chi connectivity index (χ4v) is 8.95. The number of carbonyl (C=O) groups is 3. The van der Waals surface area contributed by atoms with Gasteiger partial charge in [0.15, 0.2) is 5.17 Å². The molecule has 34 heavy (non-hydrogen) atoms. The third-order valence-corrected chi connectivity index (χ3v) is 9.78. The lowest BCUT2D eigenvalue weighted by Crippen LogP contribution is -2.54. The lowest BCUT2D eigenvalue weighted by Gasteiger charge is -2.44. The van der Waals surface area contributed by atoms with E-state index in [0.717, 1.165) is 49.1 Å². The second-order valence-corrected chi connectivity index (χ2v) is 13.4. The molecule has 2 saturated carbocycles. The molecule has 0 aromatic heterocycles. The number of nitrogens with zero attached hydrogens (tertiary/aromatic N) is 2. The Balaban J connectivity index is 1.30. The molecule has 2 heterocycles. The van der Waals surface area contributed by atoms with Gasteiger partial charge in [-0.05, 0) is 74.7 Å². The Hall–Kier alpha value is -1.83. The van der Waals surface area contributed by atoms with Crippen molar-refractivity contribution in [1.29, 1.82) is 0 Å². The summed E-state index contributed by atoms with van der Waals surface area (Å²) < 4.78 is 0.0626. The van der Waals surface area contributed by atoms with Crippen molar-refractivity contribution < 1.29 is 14.4 Å². The molecule has 0 aromatic carbocycles. The minimum Gasteiger partial charge on any atom is -0.323 e. The lowest BCUT2D eigenvalue weighted by molar-refractivity contribution is -0.137. The summed E-state index contributed by atoms with van der Waals surface area (Å²) in [6.07, 6.45) is 12.7. The first-order valence-corrected chi connectivity index (χ1v) is 13.9. The van der Waals surface area contributed by atoms with Gasteiger partial charge in [-0.2, -0.15) is 0 Å². The minimum atomic E-state index is -0.885. The number of hydrogen-bond acceptors (Lipinski definition) is 5. The molecule has 2 aliphatic heterocycles. The van der Waals surface area contributed by atoms with Crippen LogP contribution in [0.15, 0.2) is 16.3 Å². The quantitative estimate of drug-likeness (QED) is 0.545. The average molecular weight is 487 g/mol. The van der Waals surface area contributed by atoms with E-state index in [1.807, 2.05) is 0 Å². The van der Waals surface area contributed by atoms with Gasteiger partial charge in [0.1, 0.15) is 12.1 Å². The largest absolute Gasteiger partial charge is 0.325 e. The maximum absolute atomic E-state index is 13.4. The zero-order chi connectivity index (χ0) is 24.1. The Morgan fingerprint density at radius 1 is 1.12 bits per heavy atom. The summed E-state index contributed by atoms with van der Waals surface area (Å²) in [7, 11) is 0. The average Bonchev–Trinajstić information content (AvgIpc) is 2.96. The standard InChI is InChI=1S/C26H38N4O3S/c1-17-13-24(2,3)16-25(14-17)21(32)30(23(33)29-25)15-20(31)28-22-27-19-10-6-5-9-18(19)26(34-22)11-7-4-8-12-26/h17H,4-16H2,1-3H3,(H,29,33)(H,27,28,31). The summed E-state index contributed by atoms with van der Waals surface area (Å²) in [6.45, 7) is 6.16. The summed E-state index contributed by atoms with van der Waals surface area (Å²) in [5.41, 5.74) is 1.75. The molecular formula is C26H38N4O3S. The summed E-state index contributed by atoms with van der Waals surface area (Å²) in [6, 6.07) is -0.454. The van der Waals surface area contributed by atoms with Crippen LogP contribution in [0.25, 0.3) is 0 Å². The molecule has 2 unspecified atom stereocenters. The second kappa shape index (κ2) is 8.68. The van der Waals surface area contributed by atoms with Gasteiger partial charge in [-0.3, -0.25) is 14.5 Å². The number of urea groups is 1. The van der Waals surface area contributed by atoms with Gasteiger partial charge < -0.3 is 10.6 Å². The topological polar surface area (TPSA) is 90.9 Å². The fraction of sp³-hybridized carbons (Fsp3) is 0.769. The van der Waals surface area contributed by atoms with Crippen molar-refractivity contribution in [2.45, 2.75) is 108 Å². The molecule has 0 radical (unpaired) electrons. The van der Waals surface area contributed by atoms with Gasteiger partial charge in [-0.15, -0.1) is 0 Å². The van der Waals surface area contributed by atoms with Gasteiger partial charge in [-0.1, -0.05) is 51.8 Å². The number of hydrogen-bond donors (Lipinski definition) is 2. The van der Waals surface area contributed by atoms with Gasteiger partial charge >= 0.3 is 6.03 Å². The summed E-state index contributed by atoms with van der Waals surface area (Å²) in [5, 5.41) is 6.58. The molecule has 0 aromatic rings. The predicted octanol–water partition coefficient (Wildman–Crippen LogP) is 4.87. The van der Waals surface area contributed by atoms with Gasteiger partial charge in [0.2, 0.25) is 5.91 Å². The molecule has 2 atom stereocenters. The van der Waals surface area contributed by atoms with Crippen LogP contribution in [0.3, 0.4) is 0 Å². The first-order chi connectivity index (χ1) is 16.1. The number of aliphatic imine (C=N–C) groups is 1. The van der Waals surface area contributed by atoms with Crippen molar-refractivity contribution >= 4 is 34.8 Å². The molecule has 1 saturated heterocycles. The van der Waals surface area contributed by atoms with E-state index in [-0.39, 0.29) is 28.5 Å². The monoisotopic (exact) mass is 486 g/mol. The normalized spacial score (nSPS) is 32.5. The maximum Gasteiger partial charge on any atom is 0.325 e. The molecule has 5 aliphatic rings. The summed E-state index contributed by atoms with van der Waals surface area (Å²) in [5.74, 6) is -0.272. The summed E-state index contributed by atoms with van der Waals surface area (Å²) in [4.78, 5) is 45.2. The second-order valence-electron chi connectivity index (χ2n) is 12.0. The predicted molar refractivity (Wildman–Crippen MR) is 134 cm³/mol. The molecular weight excluding hydrogens is 448 g/mol. The molecule has 2 N–H and O–H groups in total. The highest BCUT2D eigenvalue weighted by Gasteiger charge is 2.56. The van der Waals surface area contributed by atoms with Crippen LogP contribution in [0.1, 0.15) is 97.8 Å². The molecule has 2 spiro atoms. The SMILES string of the molecule is CC1CC(C)(C)CC2(C1)NC(=O)N(CC(=O)NC1=NC3=C(CCCC3)C3(CCCCC3)S1)C2=O. The van der Waals surface area contributed by atoms with Crippen LogP contribution in [0.4, 0.5) is 4.79 Å². The third kappa shape index (κ3) is 4.31. The first-order valence-electron chi connectivity index (χ1n) is 13.1. The van der Waals surface area contributed by atoms with E-state index in [4.69, 9.17) is 4.99 Å². The molecule has 3 fully saturated rings. The number of thioether (sulfide) groups is 1. The van der Waals surface area contributed by atoms with Gasteiger partial charge in [0.25, 0.3) is 5.91 Å². The molecule has 186 valence electrons. The maximum atomic E-state index is 13.4. The van der Waals surface area contributed by atoms with E-state index in [2.05, 4.69) is 31.4 Å². The van der Waals surface area contributed by atoms with Crippen molar-refractivity contribution in [3.63, 3.8) is 0 Å². The van der Waals surface area contributed by atoms with E-state index >= 15 is 0 Å². The van der Waals surface area contributed by atoms with Crippen LogP contribution >= 0.6 is 11.8 Å². The van der Waals surface area contributed by atoms with Crippen LogP contribution in [-0.4, -0.2) is 44.7 Å². The van der Waals surface area contributed by atoms with Crippen molar-refractivity contribution in [3.05, 3.63) is 11.3 Å². The van der Waals surface area contributed by atoms with Gasteiger partial charge in [0.05, 0.1) is 0 Å². The highest BCUT2D eigenvalue weighted by atomic mass is 32.2. The Labute approximate surface area is 207 Å².